The van der Waals surface area contributed by atoms with E-state index in [4.69, 9.17) is 5.11 Å². The predicted molar refractivity (Wildman–Crippen MR) is 75.2 cm³/mol. The van der Waals surface area contributed by atoms with Gasteiger partial charge in [-0.3, -0.25) is 4.79 Å². The molecule has 20 heavy (non-hydrogen) atoms. The predicted octanol–water partition coefficient (Wildman–Crippen LogP) is 0.926. The molecule has 2 atom stereocenters. The summed E-state index contributed by atoms with van der Waals surface area (Å²) in [6.07, 6.45) is 0.590. The van der Waals surface area contributed by atoms with Crippen molar-refractivity contribution in [2.24, 2.45) is 5.92 Å². The van der Waals surface area contributed by atoms with Gasteiger partial charge >= 0.3 is 5.97 Å². The fourth-order valence-corrected chi connectivity index (χ4v) is 2.41. The molecule has 0 fully saturated rings. The van der Waals surface area contributed by atoms with Gasteiger partial charge in [0.05, 0.1) is 6.04 Å². The number of fused-ring (bicyclic) bond motifs is 1. The first-order valence-corrected chi connectivity index (χ1v) is 6.82. The van der Waals surface area contributed by atoms with Crippen LogP contribution in [-0.4, -0.2) is 29.1 Å². The molecule has 1 heterocycles. The minimum atomic E-state index is -0.996. The van der Waals surface area contributed by atoms with E-state index in [0.717, 1.165) is 5.56 Å². The average Bonchev–Trinajstić information content (AvgIpc) is 2.43. The molecule has 0 aromatic heterocycles. The van der Waals surface area contributed by atoms with Gasteiger partial charge in [0.15, 0.2) is 0 Å². The Morgan fingerprint density at radius 3 is 2.55 bits per heavy atom. The van der Waals surface area contributed by atoms with Crippen molar-refractivity contribution in [1.29, 1.82) is 0 Å². The molecular weight excluding hydrogens is 256 g/mol. The zero-order chi connectivity index (χ0) is 14.7. The van der Waals surface area contributed by atoms with Crippen molar-refractivity contribution >= 4 is 11.9 Å². The fraction of sp³-hybridized carbons (Fsp3) is 0.467. The first-order chi connectivity index (χ1) is 9.49. The summed E-state index contributed by atoms with van der Waals surface area (Å²) in [6.45, 7) is 4.19. The number of nitrogens with one attached hydrogen (secondary N) is 2. The van der Waals surface area contributed by atoms with Gasteiger partial charge in [-0.2, -0.15) is 0 Å². The monoisotopic (exact) mass is 276 g/mol. The molecule has 108 valence electrons. The minimum Gasteiger partial charge on any atom is -0.480 e. The number of amides is 1. The molecule has 5 nitrogen and oxygen atoms in total. The van der Waals surface area contributed by atoms with Gasteiger partial charge in [0.25, 0.3) is 0 Å². The summed E-state index contributed by atoms with van der Waals surface area (Å²) in [7, 11) is 0. The van der Waals surface area contributed by atoms with Crippen molar-refractivity contribution in [3.63, 3.8) is 0 Å². The standard InChI is InChI=1S/C15H20N2O3/c1-9(2)13(15(19)20)17-14(18)12-7-10-5-3-4-6-11(10)8-16-12/h3-6,9,12-13,16H,7-8H2,1-2H3,(H,17,18)(H,19,20)/t12-,13?/m0/s1. The third-order valence-corrected chi connectivity index (χ3v) is 3.63. The van der Waals surface area contributed by atoms with E-state index in [1.165, 1.54) is 5.56 Å². The summed E-state index contributed by atoms with van der Waals surface area (Å²) in [5.41, 5.74) is 2.33. The maximum Gasteiger partial charge on any atom is 0.326 e. The Kier molecular flexibility index (Phi) is 4.39. The normalized spacial score (nSPS) is 19.2. The molecule has 1 aliphatic heterocycles. The lowest BCUT2D eigenvalue weighted by molar-refractivity contribution is -0.143. The second-order valence-corrected chi connectivity index (χ2v) is 5.47. The molecule has 0 saturated heterocycles. The average molecular weight is 276 g/mol. The molecule has 1 unspecified atom stereocenters. The molecule has 2 rings (SSSR count). The van der Waals surface area contributed by atoms with Gasteiger partial charge in [0.1, 0.15) is 6.04 Å². The van der Waals surface area contributed by atoms with E-state index in [-0.39, 0.29) is 17.9 Å². The number of carbonyl (C=O) groups excluding carboxylic acids is 1. The third-order valence-electron chi connectivity index (χ3n) is 3.63. The zero-order valence-corrected chi connectivity index (χ0v) is 11.7. The van der Waals surface area contributed by atoms with Gasteiger partial charge in [-0.25, -0.2) is 4.79 Å². The van der Waals surface area contributed by atoms with Crippen molar-refractivity contribution in [2.45, 2.75) is 38.9 Å². The molecule has 1 aromatic rings. The quantitative estimate of drug-likeness (QED) is 0.764. The maximum atomic E-state index is 12.2. The van der Waals surface area contributed by atoms with E-state index in [9.17, 15) is 9.59 Å². The summed E-state index contributed by atoms with van der Waals surface area (Å²) in [5.74, 6) is -1.39. The van der Waals surface area contributed by atoms with Gasteiger partial charge in [0.2, 0.25) is 5.91 Å². The van der Waals surface area contributed by atoms with E-state index < -0.39 is 12.0 Å². The van der Waals surface area contributed by atoms with Crippen LogP contribution in [-0.2, 0) is 22.6 Å². The lowest BCUT2D eigenvalue weighted by atomic mass is 9.95. The Labute approximate surface area is 118 Å². The van der Waals surface area contributed by atoms with Crippen LogP contribution in [0.2, 0.25) is 0 Å². The van der Waals surface area contributed by atoms with Gasteiger partial charge in [-0.1, -0.05) is 38.1 Å². The van der Waals surface area contributed by atoms with Gasteiger partial charge < -0.3 is 15.7 Å². The van der Waals surface area contributed by atoms with Crippen LogP contribution >= 0.6 is 0 Å². The zero-order valence-electron chi connectivity index (χ0n) is 11.7. The SMILES string of the molecule is CC(C)C(NC(=O)[C@@H]1Cc2ccccc2CN1)C(=O)O. The van der Waals surface area contributed by atoms with Crippen molar-refractivity contribution in [3.8, 4) is 0 Å². The van der Waals surface area contributed by atoms with Gasteiger partial charge in [-0.05, 0) is 23.5 Å². The third kappa shape index (κ3) is 3.17. The number of hydrogen-bond acceptors (Lipinski definition) is 3. The van der Waals surface area contributed by atoms with Crippen LogP contribution in [0.4, 0.5) is 0 Å². The molecule has 3 N–H and O–H groups in total. The van der Waals surface area contributed by atoms with Crippen LogP contribution in [0.25, 0.3) is 0 Å². The molecule has 0 bridgehead atoms. The fourth-order valence-electron chi connectivity index (χ4n) is 2.41. The number of rotatable bonds is 4. The van der Waals surface area contributed by atoms with Crippen LogP contribution < -0.4 is 10.6 Å². The Morgan fingerprint density at radius 2 is 1.95 bits per heavy atom. The topological polar surface area (TPSA) is 78.4 Å². The van der Waals surface area contributed by atoms with E-state index in [2.05, 4.69) is 10.6 Å². The highest BCUT2D eigenvalue weighted by Crippen LogP contribution is 2.16. The number of carboxylic acid groups (broad SMARTS) is 1. The summed E-state index contributed by atoms with van der Waals surface area (Å²) in [4.78, 5) is 23.3. The first-order valence-electron chi connectivity index (χ1n) is 6.82. The Balaban J connectivity index is 2.03. The number of aliphatic carboxylic acids is 1. The number of carbonyl (C=O) groups is 2. The highest BCUT2D eigenvalue weighted by atomic mass is 16.4. The second kappa shape index (κ2) is 6.05. The van der Waals surface area contributed by atoms with E-state index in [0.29, 0.717) is 13.0 Å². The Hall–Kier alpha value is -1.88. The molecule has 0 spiro atoms. The van der Waals surface area contributed by atoms with E-state index in [1.807, 2.05) is 24.3 Å². The molecular formula is C15H20N2O3. The number of hydrogen-bond donors (Lipinski definition) is 3. The van der Waals surface area contributed by atoms with Crippen LogP contribution in [0.1, 0.15) is 25.0 Å². The van der Waals surface area contributed by atoms with Gasteiger partial charge in [-0.15, -0.1) is 0 Å². The van der Waals surface area contributed by atoms with Crippen molar-refractivity contribution in [1.82, 2.24) is 10.6 Å². The summed E-state index contributed by atoms with van der Waals surface area (Å²) in [5, 5.41) is 14.9. The highest BCUT2D eigenvalue weighted by Gasteiger charge is 2.29. The first kappa shape index (κ1) is 14.5. The summed E-state index contributed by atoms with van der Waals surface area (Å²) in [6, 6.07) is 6.75. The molecule has 1 amide bonds. The second-order valence-electron chi connectivity index (χ2n) is 5.47. The lowest BCUT2D eigenvalue weighted by Crippen LogP contribution is -2.53. The minimum absolute atomic E-state index is 0.146. The molecule has 0 saturated carbocycles. The lowest BCUT2D eigenvalue weighted by Gasteiger charge is -2.27. The van der Waals surface area contributed by atoms with E-state index >= 15 is 0 Å². The summed E-state index contributed by atoms with van der Waals surface area (Å²) < 4.78 is 0. The van der Waals surface area contributed by atoms with Crippen LogP contribution in [0.5, 0.6) is 0 Å². The highest BCUT2D eigenvalue weighted by molar-refractivity contribution is 5.87. The summed E-state index contributed by atoms with van der Waals surface area (Å²) >= 11 is 0. The maximum absolute atomic E-state index is 12.2. The molecule has 1 aliphatic rings. The van der Waals surface area contributed by atoms with Crippen molar-refractivity contribution in [3.05, 3.63) is 35.4 Å². The largest absolute Gasteiger partial charge is 0.480 e. The van der Waals surface area contributed by atoms with Crippen LogP contribution in [0.15, 0.2) is 24.3 Å². The van der Waals surface area contributed by atoms with Gasteiger partial charge in [0, 0.05) is 6.54 Å². The molecule has 5 heteroatoms. The Bertz CT molecular complexity index is 514. The number of benzene rings is 1. The molecule has 0 radical (unpaired) electrons. The van der Waals surface area contributed by atoms with Crippen molar-refractivity contribution in [2.75, 3.05) is 0 Å². The van der Waals surface area contributed by atoms with Crippen LogP contribution in [0, 0.1) is 5.92 Å². The molecule has 1 aromatic carbocycles. The Morgan fingerprint density at radius 1 is 1.30 bits per heavy atom. The van der Waals surface area contributed by atoms with E-state index in [1.54, 1.807) is 13.8 Å². The molecule has 0 aliphatic carbocycles. The number of carboxylic acids is 1. The smallest absolute Gasteiger partial charge is 0.326 e. The van der Waals surface area contributed by atoms with Crippen LogP contribution in [0.3, 0.4) is 0 Å². The van der Waals surface area contributed by atoms with Crippen molar-refractivity contribution < 1.29 is 14.7 Å².